The molecule has 0 aromatic rings. The van der Waals surface area contributed by atoms with Crippen LogP contribution in [0.3, 0.4) is 0 Å². The molecule has 94 valence electrons. The lowest BCUT2D eigenvalue weighted by Gasteiger charge is -2.19. The highest BCUT2D eigenvalue weighted by atomic mass is 16.6. The maximum atomic E-state index is 11.2. The van der Waals surface area contributed by atoms with Gasteiger partial charge in [0.2, 0.25) is 5.91 Å². The number of hydrogen-bond acceptors (Lipinski definition) is 4. The summed E-state index contributed by atoms with van der Waals surface area (Å²) in [6, 6.07) is -0.402. The van der Waals surface area contributed by atoms with Crippen molar-refractivity contribution in [1.82, 2.24) is 10.6 Å². The average Bonchev–Trinajstić information content (AvgIpc) is 2.08. The number of nitrogens with two attached hydrogens (primary N) is 1. The summed E-state index contributed by atoms with van der Waals surface area (Å²) in [6.07, 6.45) is -0.471. The third kappa shape index (κ3) is 8.05. The molecule has 1 unspecified atom stereocenters. The minimum absolute atomic E-state index is 0.381. The Kier molecular flexibility index (Phi) is 5.81. The third-order valence-electron chi connectivity index (χ3n) is 1.67. The van der Waals surface area contributed by atoms with E-state index >= 15 is 0 Å². The van der Waals surface area contributed by atoms with E-state index in [0.717, 1.165) is 0 Å². The van der Waals surface area contributed by atoms with Gasteiger partial charge in [0.05, 0.1) is 6.04 Å². The maximum Gasteiger partial charge on any atom is 0.407 e. The van der Waals surface area contributed by atoms with Crippen molar-refractivity contribution >= 4 is 12.0 Å². The molecule has 0 aliphatic heterocycles. The molecule has 2 amide bonds. The third-order valence-corrected chi connectivity index (χ3v) is 1.67. The van der Waals surface area contributed by atoms with Gasteiger partial charge in [-0.25, -0.2) is 4.79 Å². The second-order valence-corrected chi connectivity index (χ2v) is 4.51. The highest BCUT2D eigenvalue weighted by Crippen LogP contribution is 2.05. The van der Waals surface area contributed by atoms with E-state index in [9.17, 15) is 9.59 Å². The molecule has 0 rings (SSSR count). The first-order valence-electron chi connectivity index (χ1n) is 5.22. The fraction of sp³-hybridized carbons (Fsp3) is 0.800. The summed E-state index contributed by atoms with van der Waals surface area (Å²) in [6.45, 7) is 7.88. The molecule has 0 fully saturated rings. The largest absolute Gasteiger partial charge is 0.444 e. The predicted octanol–water partition coefficient (Wildman–Crippen LogP) is -0.0255. The lowest BCUT2D eigenvalue weighted by atomic mass is 10.2. The van der Waals surface area contributed by atoms with E-state index in [2.05, 4.69) is 10.6 Å². The predicted molar refractivity (Wildman–Crippen MR) is 60.9 cm³/mol. The van der Waals surface area contributed by atoms with Crippen LogP contribution in [-0.2, 0) is 9.53 Å². The van der Waals surface area contributed by atoms with Gasteiger partial charge in [-0.2, -0.15) is 0 Å². The van der Waals surface area contributed by atoms with E-state index in [4.69, 9.17) is 10.5 Å². The van der Waals surface area contributed by atoms with Crippen molar-refractivity contribution in [3.63, 3.8) is 0 Å². The molecule has 0 aliphatic rings. The van der Waals surface area contributed by atoms with Gasteiger partial charge < -0.3 is 21.1 Å². The van der Waals surface area contributed by atoms with Gasteiger partial charge in [0, 0.05) is 13.1 Å². The Hall–Kier alpha value is -1.30. The van der Waals surface area contributed by atoms with Crippen LogP contribution in [0.2, 0.25) is 0 Å². The molecule has 0 bridgehead atoms. The first-order chi connectivity index (χ1) is 7.22. The monoisotopic (exact) mass is 231 g/mol. The van der Waals surface area contributed by atoms with Gasteiger partial charge in [-0.05, 0) is 27.7 Å². The number of amides is 2. The zero-order valence-corrected chi connectivity index (χ0v) is 10.3. The minimum atomic E-state index is -0.502. The molecule has 0 spiro atoms. The zero-order chi connectivity index (χ0) is 12.8. The molecule has 1 atom stereocenters. The van der Waals surface area contributed by atoms with E-state index in [1.807, 2.05) is 0 Å². The van der Waals surface area contributed by atoms with Crippen molar-refractivity contribution in [1.29, 1.82) is 0 Å². The van der Waals surface area contributed by atoms with E-state index in [1.54, 1.807) is 27.7 Å². The summed E-state index contributed by atoms with van der Waals surface area (Å²) in [5, 5.41) is 5.41. The number of primary amides is 1. The zero-order valence-electron chi connectivity index (χ0n) is 10.3. The van der Waals surface area contributed by atoms with Gasteiger partial charge >= 0.3 is 6.09 Å². The molecule has 6 heteroatoms. The Morgan fingerprint density at radius 3 is 2.31 bits per heavy atom. The number of nitrogens with one attached hydrogen (secondary N) is 2. The Balaban J connectivity index is 3.60. The Morgan fingerprint density at radius 1 is 1.31 bits per heavy atom. The van der Waals surface area contributed by atoms with Crippen LogP contribution >= 0.6 is 0 Å². The maximum absolute atomic E-state index is 11.2. The normalized spacial score (nSPS) is 13.0. The summed E-state index contributed by atoms with van der Waals surface area (Å²) in [4.78, 5) is 21.8. The van der Waals surface area contributed by atoms with Gasteiger partial charge in [-0.15, -0.1) is 0 Å². The number of alkyl carbamates (subject to hydrolysis) is 1. The lowest BCUT2D eigenvalue weighted by molar-refractivity contribution is -0.119. The van der Waals surface area contributed by atoms with E-state index in [0.29, 0.717) is 13.1 Å². The molecule has 0 heterocycles. The lowest BCUT2D eigenvalue weighted by Crippen LogP contribution is -2.43. The van der Waals surface area contributed by atoms with Gasteiger partial charge in [0.25, 0.3) is 0 Å². The van der Waals surface area contributed by atoms with Crippen molar-refractivity contribution < 1.29 is 14.3 Å². The quantitative estimate of drug-likeness (QED) is 0.579. The SMILES string of the molecule is CC(NCCNC(=O)OC(C)(C)C)C(N)=O. The van der Waals surface area contributed by atoms with Crippen molar-refractivity contribution in [3.8, 4) is 0 Å². The number of carbonyl (C=O) groups excluding carboxylic acids is 2. The molecule has 0 aliphatic carbocycles. The summed E-state index contributed by atoms with van der Waals surface area (Å²) in [5.74, 6) is -0.419. The van der Waals surface area contributed by atoms with Crippen LogP contribution in [0.5, 0.6) is 0 Å². The van der Waals surface area contributed by atoms with Crippen LogP contribution in [0, 0.1) is 0 Å². The van der Waals surface area contributed by atoms with E-state index in [-0.39, 0.29) is 0 Å². The highest BCUT2D eigenvalue weighted by Gasteiger charge is 2.15. The first-order valence-corrected chi connectivity index (χ1v) is 5.22. The van der Waals surface area contributed by atoms with E-state index < -0.39 is 23.6 Å². The van der Waals surface area contributed by atoms with Gasteiger partial charge in [0.1, 0.15) is 5.60 Å². The summed E-state index contributed by atoms with van der Waals surface area (Å²) in [7, 11) is 0. The molecule has 0 saturated heterocycles. The number of carbonyl (C=O) groups is 2. The fourth-order valence-electron chi connectivity index (χ4n) is 0.868. The topological polar surface area (TPSA) is 93.4 Å². The molecule has 0 saturated carbocycles. The molecule has 0 radical (unpaired) electrons. The van der Waals surface area contributed by atoms with Crippen LogP contribution in [-0.4, -0.2) is 36.7 Å². The second-order valence-electron chi connectivity index (χ2n) is 4.51. The number of hydrogen-bond donors (Lipinski definition) is 3. The van der Waals surface area contributed by atoms with Crippen molar-refractivity contribution in [2.75, 3.05) is 13.1 Å². The molecule has 0 aromatic heterocycles. The highest BCUT2D eigenvalue weighted by molar-refractivity contribution is 5.79. The Bertz CT molecular complexity index is 248. The molecular weight excluding hydrogens is 210 g/mol. The van der Waals surface area contributed by atoms with Crippen LogP contribution < -0.4 is 16.4 Å². The molecular formula is C10H21N3O3. The van der Waals surface area contributed by atoms with Crippen LogP contribution in [0.25, 0.3) is 0 Å². The van der Waals surface area contributed by atoms with Crippen molar-refractivity contribution in [2.45, 2.75) is 39.3 Å². The van der Waals surface area contributed by atoms with Gasteiger partial charge in [0.15, 0.2) is 0 Å². The van der Waals surface area contributed by atoms with Crippen molar-refractivity contribution in [2.24, 2.45) is 5.73 Å². The molecule has 4 N–H and O–H groups in total. The number of rotatable bonds is 5. The van der Waals surface area contributed by atoms with Crippen molar-refractivity contribution in [3.05, 3.63) is 0 Å². The summed E-state index contributed by atoms with van der Waals surface area (Å²) >= 11 is 0. The summed E-state index contributed by atoms with van der Waals surface area (Å²) < 4.78 is 5.02. The molecule has 16 heavy (non-hydrogen) atoms. The van der Waals surface area contributed by atoms with Crippen LogP contribution in [0.15, 0.2) is 0 Å². The van der Waals surface area contributed by atoms with E-state index in [1.165, 1.54) is 0 Å². The minimum Gasteiger partial charge on any atom is -0.444 e. The standard InChI is InChI=1S/C10H21N3O3/c1-7(8(11)14)12-5-6-13-9(15)16-10(2,3)4/h7,12H,5-6H2,1-4H3,(H2,11,14)(H,13,15). The van der Waals surface area contributed by atoms with Gasteiger partial charge in [-0.1, -0.05) is 0 Å². The molecule has 6 nitrogen and oxygen atoms in total. The Labute approximate surface area is 95.9 Å². The average molecular weight is 231 g/mol. The summed E-state index contributed by atoms with van der Waals surface area (Å²) in [5.41, 5.74) is 4.55. The fourth-order valence-corrected chi connectivity index (χ4v) is 0.868. The Morgan fingerprint density at radius 2 is 1.88 bits per heavy atom. The first kappa shape index (κ1) is 14.7. The number of ether oxygens (including phenoxy) is 1. The van der Waals surface area contributed by atoms with Crippen LogP contribution in [0.4, 0.5) is 4.79 Å². The van der Waals surface area contributed by atoms with Crippen LogP contribution in [0.1, 0.15) is 27.7 Å². The smallest absolute Gasteiger partial charge is 0.407 e. The second kappa shape index (κ2) is 6.32. The van der Waals surface area contributed by atoms with Gasteiger partial charge in [-0.3, -0.25) is 4.79 Å². The molecule has 0 aromatic carbocycles.